The first kappa shape index (κ1) is 19.1. The number of nitrogens with zero attached hydrogens (tertiary/aromatic N) is 2. The van der Waals surface area contributed by atoms with Crippen LogP contribution in [0.4, 0.5) is 0 Å². The lowest BCUT2D eigenvalue weighted by atomic mass is 10.1. The molecule has 1 amide bonds. The summed E-state index contributed by atoms with van der Waals surface area (Å²) in [5, 5.41) is 7.12. The highest BCUT2D eigenvalue weighted by Gasteiger charge is 2.20. The van der Waals surface area contributed by atoms with Crippen LogP contribution < -0.4 is 10.1 Å². The molecule has 2 aromatic heterocycles. The zero-order valence-corrected chi connectivity index (χ0v) is 16.3. The molecule has 1 saturated heterocycles. The van der Waals surface area contributed by atoms with Crippen molar-refractivity contribution < 1.29 is 18.8 Å². The summed E-state index contributed by atoms with van der Waals surface area (Å²) in [5.41, 5.74) is 2.91. The summed E-state index contributed by atoms with van der Waals surface area (Å²) < 4.78 is 16.6. The Kier molecular flexibility index (Phi) is 5.86. The van der Waals surface area contributed by atoms with Gasteiger partial charge in [-0.05, 0) is 25.5 Å². The maximum atomic E-state index is 12.6. The molecule has 7 nitrogen and oxygen atoms in total. The zero-order chi connectivity index (χ0) is 20.1. The van der Waals surface area contributed by atoms with Gasteiger partial charge in [0, 0.05) is 30.8 Å². The van der Waals surface area contributed by atoms with Crippen LogP contribution in [0.1, 0.15) is 28.1 Å². The molecule has 3 aromatic rings. The Hall–Kier alpha value is -3.19. The van der Waals surface area contributed by atoms with E-state index in [9.17, 15) is 4.79 Å². The van der Waals surface area contributed by atoms with Gasteiger partial charge in [0.05, 0.1) is 12.2 Å². The number of hydrogen-bond donors (Lipinski definition) is 1. The number of ether oxygens (including phenoxy) is 2. The van der Waals surface area contributed by atoms with Crippen molar-refractivity contribution in [2.75, 3.05) is 19.8 Å². The van der Waals surface area contributed by atoms with Gasteiger partial charge in [0.15, 0.2) is 0 Å². The Morgan fingerprint density at radius 1 is 1.24 bits per heavy atom. The number of amides is 1. The molecule has 7 heteroatoms. The fourth-order valence-corrected chi connectivity index (χ4v) is 3.28. The van der Waals surface area contributed by atoms with Crippen molar-refractivity contribution in [2.45, 2.75) is 20.0 Å². The lowest BCUT2D eigenvalue weighted by Gasteiger charge is -2.12. The van der Waals surface area contributed by atoms with E-state index in [0.29, 0.717) is 30.4 Å². The average molecular weight is 393 g/mol. The maximum Gasteiger partial charge on any atom is 0.256 e. The average Bonchev–Trinajstić information content (AvgIpc) is 3.41. The molecule has 1 unspecified atom stereocenters. The minimum atomic E-state index is -0.203. The zero-order valence-electron chi connectivity index (χ0n) is 16.3. The van der Waals surface area contributed by atoms with Gasteiger partial charge >= 0.3 is 0 Å². The first-order valence-corrected chi connectivity index (χ1v) is 9.66. The molecule has 0 aliphatic carbocycles. The molecule has 29 heavy (non-hydrogen) atoms. The van der Waals surface area contributed by atoms with Crippen molar-refractivity contribution in [1.29, 1.82) is 0 Å². The van der Waals surface area contributed by atoms with Crippen LogP contribution in [0.3, 0.4) is 0 Å². The minimum Gasteiger partial charge on any atom is -0.472 e. The molecular formula is C22H23N3O4. The van der Waals surface area contributed by atoms with Gasteiger partial charge in [-0.15, -0.1) is 0 Å². The van der Waals surface area contributed by atoms with E-state index >= 15 is 0 Å². The molecule has 0 spiro atoms. The maximum absolute atomic E-state index is 12.6. The van der Waals surface area contributed by atoms with Crippen LogP contribution in [-0.4, -0.2) is 35.8 Å². The van der Waals surface area contributed by atoms with Gasteiger partial charge in [0.1, 0.15) is 23.6 Å². The molecule has 1 aliphatic rings. The molecule has 4 rings (SSSR count). The van der Waals surface area contributed by atoms with Gasteiger partial charge in [-0.2, -0.15) is 0 Å². The van der Waals surface area contributed by atoms with Crippen LogP contribution in [0, 0.1) is 12.8 Å². The Labute approximate surface area is 169 Å². The SMILES string of the molecule is Cc1onc(-c2ccccc2)c1COc1ncccc1C(=O)NCC1CCOC1. The second kappa shape index (κ2) is 8.87. The minimum absolute atomic E-state index is 0.202. The van der Waals surface area contributed by atoms with E-state index in [2.05, 4.69) is 15.5 Å². The summed E-state index contributed by atoms with van der Waals surface area (Å²) in [6.07, 6.45) is 2.57. The van der Waals surface area contributed by atoms with E-state index in [1.807, 2.05) is 37.3 Å². The van der Waals surface area contributed by atoms with Crippen molar-refractivity contribution in [2.24, 2.45) is 5.92 Å². The monoisotopic (exact) mass is 393 g/mol. The van der Waals surface area contributed by atoms with Gasteiger partial charge in [0.25, 0.3) is 5.91 Å². The largest absolute Gasteiger partial charge is 0.472 e. The Bertz CT molecular complexity index is 965. The Balaban J connectivity index is 1.47. The summed E-state index contributed by atoms with van der Waals surface area (Å²) in [6, 6.07) is 13.2. The van der Waals surface area contributed by atoms with E-state index in [4.69, 9.17) is 14.0 Å². The van der Waals surface area contributed by atoms with Crippen molar-refractivity contribution in [3.05, 3.63) is 65.5 Å². The van der Waals surface area contributed by atoms with E-state index in [0.717, 1.165) is 29.8 Å². The predicted octanol–water partition coefficient (Wildman–Crippen LogP) is 3.39. The van der Waals surface area contributed by atoms with Crippen LogP contribution in [-0.2, 0) is 11.3 Å². The fraction of sp³-hybridized carbons (Fsp3) is 0.318. The summed E-state index contributed by atoms with van der Waals surface area (Å²) in [6.45, 7) is 4.06. The number of aromatic nitrogens is 2. The van der Waals surface area contributed by atoms with Gasteiger partial charge < -0.3 is 19.3 Å². The lowest BCUT2D eigenvalue weighted by molar-refractivity contribution is 0.0939. The third-order valence-electron chi connectivity index (χ3n) is 4.98. The molecule has 3 heterocycles. The molecule has 0 radical (unpaired) electrons. The van der Waals surface area contributed by atoms with Gasteiger partial charge in [-0.25, -0.2) is 4.98 Å². The number of carbonyl (C=O) groups is 1. The number of aryl methyl sites for hydroxylation is 1. The topological polar surface area (TPSA) is 86.5 Å². The molecular weight excluding hydrogens is 370 g/mol. The molecule has 150 valence electrons. The first-order valence-electron chi connectivity index (χ1n) is 9.66. The van der Waals surface area contributed by atoms with Crippen LogP contribution in [0.2, 0.25) is 0 Å². The second-order valence-electron chi connectivity index (χ2n) is 7.02. The van der Waals surface area contributed by atoms with Gasteiger partial charge in [-0.1, -0.05) is 35.5 Å². The number of benzene rings is 1. The summed E-state index contributed by atoms with van der Waals surface area (Å²) in [7, 11) is 0. The predicted molar refractivity (Wildman–Crippen MR) is 107 cm³/mol. The Morgan fingerprint density at radius 2 is 2.10 bits per heavy atom. The number of hydrogen-bond acceptors (Lipinski definition) is 6. The van der Waals surface area contributed by atoms with E-state index in [-0.39, 0.29) is 18.4 Å². The van der Waals surface area contributed by atoms with Crippen molar-refractivity contribution in [1.82, 2.24) is 15.5 Å². The summed E-state index contributed by atoms with van der Waals surface area (Å²) in [4.78, 5) is 16.9. The third-order valence-corrected chi connectivity index (χ3v) is 4.98. The van der Waals surface area contributed by atoms with Crippen LogP contribution in [0.15, 0.2) is 53.2 Å². The second-order valence-corrected chi connectivity index (χ2v) is 7.02. The van der Waals surface area contributed by atoms with Crippen molar-refractivity contribution in [3.63, 3.8) is 0 Å². The van der Waals surface area contributed by atoms with E-state index in [1.165, 1.54) is 0 Å². The molecule has 1 atom stereocenters. The fourth-order valence-electron chi connectivity index (χ4n) is 3.28. The third kappa shape index (κ3) is 4.46. The molecule has 0 saturated carbocycles. The lowest BCUT2D eigenvalue weighted by Crippen LogP contribution is -2.30. The molecule has 1 N–H and O–H groups in total. The molecule has 0 bridgehead atoms. The highest BCUT2D eigenvalue weighted by atomic mass is 16.5. The number of rotatable bonds is 7. The van der Waals surface area contributed by atoms with Crippen LogP contribution >= 0.6 is 0 Å². The quantitative estimate of drug-likeness (QED) is 0.662. The first-order chi connectivity index (χ1) is 14.2. The summed E-state index contributed by atoms with van der Waals surface area (Å²) in [5.74, 6) is 1.11. The van der Waals surface area contributed by atoms with E-state index in [1.54, 1.807) is 18.3 Å². The highest BCUT2D eigenvalue weighted by molar-refractivity contribution is 5.96. The normalized spacial score (nSPS) is 16.0. The highest BCUT2D eigenvalue weighted by Crippen LogP contribution is 2.26. The number of nitrogens with one attached hydrogen (secondary N) is 1. The number of carbonyl (C=O) groups excluding carboxylic acids is 1. The molecule has 1 fully saturated rings. The molecule has 1 aliphatic heterocycles. The molecule has 1 aromatic carbocycles. The number of pyridine rings is 1. The van der Waals surface area contributed by atoms with Gasteiger partial charge in [-0.3, -0.25) is 4.79 Å². The summed E-state index contributed by atoms with van der Waals surface area (Å²) >= 11 is 0. The van der Waals surface area contributed by atoms with Gasteiger partial charge in [0.2, 0.25) is 5.88 Å². The Morgan fingerprint density at radius 3 is 2.90 bits per heavy atom. The van der Waals surface area contributed by atoms with Crippen molar-refractivity contribution in [3.8, 4) is 17.1 Å². The standard InChI is InChI=1S/C22H23N3O4/c1-15-19(20(25-29-15)17-6-3-2-4-7-17)14-28-22-18(8-5-10-23-22)21(26)24-12-16-9-11-27-13-16/h2-8,10,16H,9,11-14H2,1H3,(H,24,26). The smallest absolute Gasteiger partial charge is 0.256 e. The van der Waals surface area contributed by atoms with Crippen LogP contribution in [0.5, 0.6) is 5.88 Å². The van der Waals surface area contributed by atoms with E-state index < -0.39 is 0 Å². The van der Waals surface area contributed by atoms with Crippen LogP contribution in [0.25, 0.3) is 11.3 Å². The van der Waals surface area contributed by atoms with Crippen molar-refractivity contribution >= 4 is 5.91 Å².